The second-order valence-electron chi connectivity index (χ2n) is 7.76. The maximum absolute atomic E-state index is 13.4. The molecule has 0 radical (unpaired) electrons. The highest BCUT2D eigenvalue weighted by molar-refractivity contribution is 5.74. The molecule has 0 aliphatic heterocycles. The minimum atomic E-state index is -1.03. The number of carboxylic acids is 1. The molecular weight excluding hydrogens is 383 g/mol. The third-order valence-corrected chi connectivity index (χ3v) is 4.67. The quantitative estimate of drug-likeness (QED) is 0.511. The van der Waals surface area contributed by atoms with E-state index < -0.39 is 12.6 Å². The van der Waals surface area contributed by atoms with Crippen LogP contribution in [0.2, 0.25) is 0 Å². The molecule has 0 saturated heterocycles. The molecule has 0 bridgehead atoms. The first-order valence-electron chi connectivity index (χ1n) is 10.2. The van der Waals surface area contributed by atoms with Gasteiger partial charge in [0, 0.05) is 17.7 Å². The van der Waals surface area contributed by atoms with Gasteiger partial charge in [-0.1, -0.05) is 33.3 Å². The smallest absolute Gasteiger partial charge is 0.341 e. The average molecular weight is 410 g/mol. The van der Waals surface area contributed by atoms with E-state index in [0.717, 1.165) is 35.2 Å². The fourth-order valence-corrected chi connectivity index (χ4v) is 3.37. The maximum Gasteiger partial charge on any atom is 0.341 e. The normalized spacial score (nSPS) is 11.1. The maximum atomic E-state index is 13.4. The zero-order chi connectivity index (χ0) is 21.7. The minimum Gasteiger partial charge on any atom is -0.481 e. The Kier molecular flexibility index (Phi) is 6.87. The Balaban J connectivity index is 2.10. The molecule has 1 aromatic heterocycles. The van der Waals surface area contributed by atoms with Crippen molar-refractivity contribution in [2.24, 2.45) is 5.92 Å². The lowest BCUT2D eigenvalue weighted by Gasteiger charge is -2.11. The number of aromatic nitrogens is 2. The molecule has 1 heterocycles. The van der Waals surface area contributed by atoms with Gasteiger partial charge in [0.15, 0.2) is 6.61 Å². The molecule has 6 heteroatoms. The molecule has 3 aromatic rings. The summed E-state index contributed by atoms with van der Waals surface area (Å²) in [5.41, 5.74) is 4.34. The number of carboxylic acid groups (broad SMARTS) is 1. The lowest BCUT2D eigenvalue weighted by atomic mass is 10.0. The number of carbonyl (C=O) groups is 1. The van der Waals surface area contributed by atoms with E-state index in [2.05, 4.69) is 20.8 Å². The topological polar surface area (TPSA) is 64.3 Å². The van der Waals surface area contributed by atoms with Gasteiger partial charge in [-0.25, -0.2) is 9.18 Å². The molecule has 0 aliphatic carbocycles. The highest BCUT2D eigenvalue weighted by atomic mass is 19.1. The van der Waals surface area contributed by atoms with Gasteiger partial charge in [0.1, 0.15) is 11.6 Å². The standard InChI is InChI=1S/C24H27FN2O3/c1-4-5-17-6-11-23(30-15-24(28)29)20(12-17)21-13-22(27(26-21)14-16(2)3)18-7-9-19(25)10-8-18/h6-13,16H,4-5,14-15H2,1-3H3,(H,28,29). The van der Waals surface area contributed by atoms with Crippen LogP contribution in [0.25, 0.3) is 22.5 Å². The Hall–Kier alpha value is -3.15. The van der Waals surface area contributed by atoms with Crippen molar-refractivity contribution in [2.45, 2.75) is 40.2 Å². The Morgan fingerprint density at radius 1 is 1.17 bits per heavy atom. The van der Waals surface area contributed by atoms with Crippen LogP contribution in [0.5, 0.6) is 5.75 Å². The number of aryl methyl sites for hydroxylation is 1. The molecule has 0 fully saturated rings. The fraction of sp³-hybridized carbons (Fsp3) is 0.333. The van der Waals surface area contributed by atoms with Gasteiger partial charge in [0.2, 0.25) is 0 Å². The molecule has 0 unspecified atom stereocenters. The van der Waals surface area contributed by atoms with Gasteiger partial charge >= 0.3 is 5.97 Å². The molecule has 0 atom stereocenters. The second-order valence-corrected chi connectivity index (χ2v) is 7.76. The summed E-state index contributed by atoms with van der Waals surface area (Å²) in [6, 6.07) is 14.1. The lowest BCUT2D eigenvalue weighted by Crippen LogP contribution is -2.10. The van der Waals surface area contributed by atoms with Crippen molar-refractivity contribution in [1.29, 1.82) is 0 Å². The Morgan fingerprint density at radius 2 is 1.90 bits per heavy atom. The highest BCUT2D eigenvalue weighted by Gasteiger charge is 2.17. The van der Waals surface area contributed by atoms with Gasteiger partial charge in [-0.05, 0) is 60.4 Å². The number of nitrogens with zero attached hydrogens (tertiary/aromatic N) is 2. The van der Waals surface area contributed by atoms with E-state index in [-0.39, 0.29) is 5.82 Å². The van der Waals surface area contributed by atoms with Gasteiger partial charge in [-0.15, -0.1) is 0 Å². The molecule has 1 N–H and O–H groups in total. The van der Waals surface area contributed by atoms with Crippen LogP contribution >= 0.6 is 0 Å². The minimum absolute atomic E-state index is 0.287. The molecular formula is C24H27FN2O3. The first-order valence-corrected chi connectivity index (χ1v) is 10.2. The Labute approximate surface area is 176 Å². The molecule has 3 rings (SSSR count). The number of ether oxygens (including phenoxy) is 1. The summed E-state index contributed by atoms with van der Waals surface area (Å²) < 4.78 is 20.9. The van der Waals surface area contributed by atoms with Gasteiger partial charge < -0.3 is 9.84 Å². The van der Waals surface area contributed by atoms with Crippen molar-refractivity contribution in [3.05, 3.63) is 59.9 Å². The van der Waals surface area contributed by atoms with E-state index in [1.54, 1.807) is 12.1 Å². The van der Waals surface area contributed by atoms with Gasteiger partial charge in [-0.2, -0.15) is 5.10 Å². The monoisotopic (exact) mass is 410 g/mol. The summed E-state index contributed by atoms with van der Waals surface area (Å²) in [7, 11) is 0. The van der Waals surface area contributed by atoms with Crippen molar-refractivity contribution < 1.29 is 19.0 Å². The van der Waals surface area contributed by atoms with Crippen LogP contribution in [-0.4, -0.2) is 27.5 Å². The van der Waals surface area contributed by atoms with Gasteiger partial charge in [0.25, 0.3) is 0 Å². The van der Waals surface area contributed by atoms with E-state index in [4.69, 9.17) is 14.9 Å². The SMILES string of the molecule is CCCc1ccc(OCC(=O)O)c(-c2cc(-c3ccc(F)cc3)n(CC(C)C)n2)c1. The summed E-state index contributed by atoms with van der Waals surface area (Å²) in [6.07, 6.45) is 1.90. The molecule has 0 spiro atoms. The summed E-state index contributed by atoms with van der Waals surface area (Å²) in [5, 5.41) is 13.8. The summed E-state index contributed by atoms with van der Waals surface area (Å²) in [6.45, 7) is 6.61. The van der Waals surface area contributed by atoms with Crippen molar-refractivity contribution >= 4 is 5.97 Å². The second kappa shape index (κ2) is 9.57. The van der Waals surface area contributed by atoms with Crippen LogP contribution in [0, 0.1) is 11.7 Å². The summed E-state index contributed by atoms with van der Waals surface area (Å²) >= 11 is 0. The Morgan fingerprint density at radius 3 is 2.53 bits per heavy atom. The van der Waals surface area contributed by atoms with Crippen molar-refractivity contribution in [3.63, 3.8) is 0 Å². The van der Waals surface area contributed by atoms with E-state index in [1.165, 1.54) is 12.1 Å². The van der Waals surface area contributed by atoms with E-state index >= 15 is 0 Å². The largest absolute Gasteiger partial charge is 0.481 e. The lowest BCUT2D eigenvalue weighted by molar-refractivity contribution is -0.139. The zero-order valence-corrected chi connectivity index (χ0v) is 17.6. The first kappa shape index (κ1) is 21.6. The number of rotatable bonds is 9. The third kappa shape index (κ3) is 5.26. The van der Waals surface area contributed by atoms with Crippen molar-refractivity contribution in [3.8, 4) is 28.3 Å². The molecule has 5 nitrogen and oxygen atoms in total. The molecule has 0 saturated carbocycles. The van der Waals surface area contributed by atoms with Crippen LogP contribution in [0.3, 0.4) is 0 Å². The van der Waals surface area contributed by atoms with Crippen LogP contribution in [0.4, 0.5) is 4.39 Å². The fourth-order valence-electron chi connectivity index (χ4n) is 3.37. The van der Waals surface area contributed by atoms with Crippen molar-refractivity contribution in [1.82, 2.24) is 9.78 Å². The molecule has 158 valence electrons. The average Bonchev–Trinajstić information content (AvgIpc) is 3.10. The molecule has 0 amide bonds. The van der Waals surface area contributed by atoms with Crippen LogP contribution in [-0.2, 0) is 17.8 Å². The number of aliphatic carboxylic acids is 1. The van der Waals surface area contributed by atoms with Crippen LogP contribution in [0.1, 0.15) is 32.8 Å². The molecule has 0 aliphatic rings. The molecule has 2 aromatic carbocycles. The number of benzene rings is 2. The number of hydrogen-bond donors (Lipinski definition) is 1. The summed E-state index contributed by atoms with van der Waals surface area (Å²) in [4.78, 5) is 11.0. The number of hydrogen-bond acceptors (Lipinski definition) is 3. The van der Waals surface area contributed by atoms with E-state index in [1.807, 2.05) is 28.9 Å². The Bertz CT molecular complexity index is 1010. The predicted molar refractivity (Wildman–Crippen MR) is 115 cm³/mol. The van der Waals surface area contributed by atoms with E-state index in [9.17, 15) is 9.18 Å². The van der Waals surface area contributed by atoms with Crippen LogP contribution < -0.4 is 4.74 Å². The van der Waals surface area contributed by atoms with Gasteiger partial charge in [0.05, 0.1) is 11.4 Å². The van der Waals surface area contributed by atoms with Gasteiger partial charge in [-0.3, -0.25) is 4.68 Å². The number of halogens is 1. The first-order chi connectivity index (χ1) is 14.4. The highest BCUT2D eigenvalue weighted by Crippen LogP contribution is 2.34. The zero-order valence-electron chi connectivity index (χ0n) is 17.6. The van der Waals surface area contributed by atoms with Crippen LogP contribution in [0.15, 0.2) is 48.5 Å². The van der Waals surface area contributed by atoms with E-state index in [0.29, 0.717) is 23.9 Å². The predicted octanol–water partition coefficient (Wildman–Crippen LogP) is 5.43. The van der Waals surface area contributed by atoms with Crippen molar-refractivity contribution in [2.75, 3.05) is 6.61 Å². The summed E-state index contributed by atoms with van der Waals surface area (Å²) in [5.74, 6) is -0.468. The third-order valence-electron chi connectivity index (χ3n) is 4.67. The molecule has 30 heavy (non-hydrogen) atoms.